The Balaban J connectivity index is 1.30. The van der Waals surface area contributed by atoms with Crippen LogP contribution in [0.15, 0.2) is 55.2 Å². The number of rotatable bonds is 6. The molecule has 2 aromatic heterocycles. The smallest absolute Gasteiger partial charge is 0.238 e. The predicted molar refractivity (Wildman–Crippen MR) is 117 cm³/mol. The molecular weight excluding hydrogens is 418 g/mol. The highest BCUT2D eigenvalue weighted by atomic mass is 35.5. The molecule has 2 amide bonds. The van der Waals surface area contributed by atoms with Gasteiger partial charge < -0.3 is 10.6 Å². The zero-order chi connectivity index (χ0) is 21.6. The number of carbonyl (C=O) groups is 2. The average molecular weight is 440 g/mol. The van der Waals surface area contributed by atoms with Crippen LogP contribution in [0.3, 0.4) is 0 Å². The normalized spacial score (nSPS) is 14.9. The van der Waals surface area contributed by atoms with Gasteiger partial charge in [0.25, 0.3) is 0 Å². The van der Waals surface area contributed by atoms with Crippen LogP contribution in [0.1, 0.15) is 12.8 Å². The molecule has 0 bridgehead atoms. The van der Waals surface area contributed by atoms with Gasteiger partial charge in [0.15, 0.2) is 0 Å². The average Bonchev–Trinajstić information content (AvgIpc) is 3.29. The van der Waals surface area contributed by atoms with Crippen molar-refractivity contribution >= 4 is 34.9 Å². The summed E-state index contributed by atoms with van der Waals surface area (Å²) in [5, 5.41) is 10.4. The van der Waals surface area contributed by atoms with Gasteiger partial charge in [0, 0.05) is 17.1 Å². The number of anilines is 2. The zero-order valence-corrected chi connectivity index (χ0v) is 17.5. The first kappa shape index (κ1) is 21.0. The summed E-state index contributed by atoms with van der Waals surface area (Å²) in [6.45, 7) is 1.57. The van der Waals surface area contributed by atoms with Crippen molar-refractivity contribution in [1.82, 2.24) is 24.6 Å². The second kappa shape index (κ2) is 9.67. The van der Waals surface area contributed by atoms with E-state index in [1.807, 2.05) is 11.0 Å². The number of hydrogen-bond donors (Lipinski definition) is 2. The first-order valence-corrected chi connectivity index (χ1v) is 10.3. The maximum atomic E-state index is 12.6. The predicted octanol–water partition coefficient (Wildman–Crippen LogP) is 2.60. The van der Waals surface area contributed by atoms with Crippen molar-refractivity contribution in [3.8, 4) is 5.69 Å². The molecular formula is C21H22ClN7O2. The first-order valence-electron chi connectivity index (χ1n) is 9.97. The SMILES string of the molecule is O=C(CN1CCC(C(=O)Nc2ccccn2)CC1)Nc1cc(Cl)ccc1-n1cncn1. The van der Waals surface area contributed by atoms with Crippen LogP contribution in [0.4, 0.5) is 11.5 Å². The molecule has 10 heteroatoms. The second-order valence-corrected chi connectivity index (χ2v) is 7.74. The minimum atomic E-state index is -0.153. The Bertz CT molecular complexity index is 1040. The van der Waals surface area contributed by atoms with Crippen molar-refractivity contribution in [1.29, 1.82) is 0 Å². The number of aromatic nitrogens is 4. The fourth-order valence-corrected chi connectivity index (χ4v) is 3.72. The van der Waals surface area contributed by atoms with Gasteiger partial charge in [0.05, 0.1) is 17.9 Å². The number of piperidine rings is 1. The molecule has 1 saturated heterocycles. The van der Waals surface area contributed by atoms with Gasteiger partial charge >= 0.3 is 0 Å². The van der Waals surface area contributed by atoms with Crippen LogP contribution in [-0.4, -0.2) is 56.1 Å². The lowest BCUT2D eigenvalue weighted by atomic mass is 9.96. The molecule has 1 aliphatic heterocycles. The van der Waals surface area contributed by atoms with Crippen LogP contribution in [-0.2, 0) is 9.59 Å². The van der Waals surface area contributed by atoms with E-state index in [4.69, 9.17) is 11.6 Å². The number of pyridine rings is 1. The minimum Gasteiger partial charge on any atom is -0.323 e. The highest BCUT2D eigenvalue weighted by Crippen LogP contribution is 2.24. The third-order valence-corrected chi connectivity index (χ3v) is 5.38. The molecule has 31 heavy (non-hydrogen) atoms. The summed E-state index contributed by atoms with van der Waals surface area (Å²) >= 11 is 6.11. The molecule has 2 N–H and O–H groups in total. The van der Waals surface area contributed by atoms with Crippen molar-refractivity contribution in [2.24, 2.45) is 5.92 Å². The number of carbonyl (C=O) groups excluding carboxylic acids is 2. The molecule has 3 heterocycles. The third kappa shape index (κ3) is 5.44. The molecule has 0 unspecified atom stereocenters. The van der Waals surface area contributed by atoms with E-state index in [0.717, 1.165) is 0 Å². The van der Waals surface area contributed by atoms with Gasteiger partial charge in [-0.15, -0.1) is 0 Å². The van der Waals surface area contributed by atoms with Crippen molar-refractivity contribution in [2.45, 2.75) is 12.8 Å². The summed E-state index contributed by atoms with van der Waals surface area (Å²) in [5.41, 5.74) is 1.24. The molecule has 0 saturated carbocycles. The van der Waals surface area contributed by atoms with Crippen LogP contribution < -0.4 is 10.6 Å². The molecule has 1 aliphatic rings. The Morgan fingerprint density at radius 3 is 2.68 bits per heavy atom. The Hall–Kier alpha value is -3.30. The third-order valence-electron chi connectivity index (χ3n) is 5.14. The molecule has 0 spiro atoms. The molecule has 160 valence electrons. The highest BCUT2D eigenvalue weighted by molar-refractivity contribution is 6.31. The maximum absolute atomic E-state index is 12.6. The number of nitrogens with zero attached hydrogens (tertiary/aromatic N) is 5. The van der Waals surface area contributed by atoms with Crippen LogP contribution >= 0.6 is 11.6 Å². The van der Waals surface area contributed by atoms with Crippen molar-refractivity contribution in [2.75, 3.05) is 30.3 Å². The lowest BCUT2D eigenvalue weighted by Gasteiger charge is -2.30. The van der Waals surface area contributed by atoms with Crippen LogP contribution in [0.2, 0.25) is 5.02 Å². The Kier molecular flexibility index (Phi) is 6.54. The summed E-state index contributed by atoms with van der Waals surface area (Å²) in [6, 6.07) is 10.6. The van der Waals surface area contributed by atoms with Gasteiger partial charge in [-0.1, -0.05) is 17.7 Å². The van der Waals surface area contributed by atoms with E-state index in [0.29, 0.717) is 48.1 Å². The summed E-state index contributed by atoms with van der Waals surface area (Å²) in [5.74, 6) is 0.284. The summed E-state index contributed by atoms with van der Waals surface area (Å²) < 4.78 is 1.57. The fraction of sp³-hybridized carbons (Fsp3) is 0.286. The molecule has 4 rings (SSSR count). The Labute approximate surface area is 184 Å². The largest absolute Gasteiger partial charge is 0.323 e. The topological polar surface area (TPSA) is 105 Å². The van der Waals surface area contributed by atoms with Crippen molar-refractivity contribution in [3.05, 3.63) is 60.3 Å². The van der Waals surface area contributed by atoms with Gasteiger partial charge in [-0.05, 0) is 56.3 Å². The summed E-state index contributed by atoms with van der Waals surface area (Å²) in [4.78, 5) is 35.2. The highest BCUT2D eigenvalue weighted by Gasteiger charge is 2.26. The fourth-order valence-electron chi connectivity index (χ4n) is 3.55. The van der Waals surface area contributed by atoms with Crippen LogP contribution in [0.25, 0.3) is 5.69 Å². The second-order valence-electron chi connectivity index (χ2n) is 7.30. The number of nitrogens with one attached hydrogen (secondary N) is 2. The molecule has 1 fully saturated rings. The van der Waals surface area contributed by atoms with E-state index in [1.54, 1.807) is 47.5 Å². The minimum absolute atomic E-state index is 0.0285. The van der Waals surface area contributed by atoms with Gasteiger partial charge in [0.1, 0.15) is 18.5 Å². The Morgan fingerprint density at radius 2 is 1.97 bits per heavy atom. The number of amides is 2. The van der Waals surface area contributed by atoms with E-state index in [-0.39, 0.29) is 24.3 Å². The van der Waals surface area contributed by atoms with E-state index >= 15 is 0 Å². The van der Waals surface area contributed by atoms with Crippen LogP contribution in [0, 0.1) is 5.92 Å². The van der Waals surface area contributed by atoms with E-state index in [9.17, 15) is 9.59 Å². The summed E-state index contributed by atoms with van der Waals surface area (Å²) in [7, 11) is 0. The monoisotopic (exact) mass is 439 g/mol. The first-order chi connectivity index (χ1) is 15.1. The van der Waals surface area contributed by atoms with E-state index in [1.165, 1.54) is 6.33 Å². The maximum Gasteiger partial charge on any atom is 0.238 e. The number of likely N-dealkylation sites (tertiary alicyclic amines) is 1. The Morgan fingerprint density at radius 1 is 1.13 bits per heavy atom. The van der Waals surface area contributed by atoms with Gasteiger partial charge in [-0.3, -0.25) is 14.5 Å². The quantitative estimate of drug-likeness (QED) is 0.611. The molecule has 0 atom stereocenters. The molecule has 0 aliphatic carbocycles. The van der Waals surface area contributed by atoms with Crippen LogP contribution in [0.5, 0.6) is 0 Å². The lowest BCUT2D eigenvalue weighted by Crippen LogP contribution is -2.41. The van der Waals surface area contributed by atoms with Gasteiger partial charge in [0.2, 0.25) is 11.8 Å². The van der Waals surface area contributed by atoms with Crippen molar-refractivity contribution < 1.29 is 9.59 Å². The molecule has 9 nitrogen and oxygen atoms in total. The number of benzene rings is 1. The number of hydrogen-bond acceptors (Lipinski definition) is 6. The molecule has 1 aromatic carbocycles. The van der Waals surface area contributed by atoms with Crippen molar-refractivity contribution in [3.63, 3.8) is 0 Å². The summed E-state index contributed by atoms with van der Waals surface area (Å²) in [6.07, 6.45) is 6.00. The number of halogens is 1. The zero-order valence-electron chi connectivity index (χ0n) is 16.7. The van der Waals surface area contributed by atoms with Gasteiger partial charge in [-0.2, -0.15) is 5.10 Å². The van der Waals surface area contributed by atoms with E-state index in [2.05, 4.69) is 25.7 Å². The standard InChI is InChI=1S/C21H22ClN7O2/c22-16-4-5-18(29-14-23-13-25-29)17(11-16)26-20(30)12-28-9-6-15(7-10-28)21(31)27-19-3-1-2-8-24-19/h1-5,8,11,13-15H,6-7,9-10,12H2,(H,26,30)(H,24,27,31). The molecule has 3 aromatic rings. The van der Waals surface area contributed by atoms with E-state index < -0.39 is 0 Å². The van der Waals surface area contributed by atoms with Gasteiger partial charge in [-0.25, -0.2) is 14.6 Å². The lowest BCUT2D eigenvalue weighted by molar-refractivity contribution is -0.121. The molecule has 0 radical (unpaired) electrons.